The Morgan fingerprint density at radius 2 is 2.00 bits per heavy atom. The number of hydrogen-bond donors (Lipinski definition) is 2. The van der Waals surface area contributed by atoms with Gasteiger partial charge >= 0.3 is 0 Å². The van der Waals surface area contributed by atoms with Gasteiger partial charge in [0, 0.05) is 12.1 Å². The van der Waals surface area contributed by atoms with Crippen LogP contribution in [0, 0.1) is 12.8 Å². The molecule has 0 radical (unpaired) electrons. The molecule has 86 valence electrons. The van der Waals surface area contributed by atoms with Crippen LogP contribution in [-0.2, 0) is 0 Å². The van der Waals surface area contributed by atoms with Gasteiger partial charge in [0.15, 0.2) is 0 Å². The van der Waals surface area contributed by atoms with Crippen LogP contribution in [-0.4, -0.2) is 23.7 Å². The molecule has 1 fully saturated rings. The van der Waals surface area contributed by atoms with Gasteiger partial charge in [0.1, 0.15) is 0 Å². The van der Waals surface area contributed by atoms with Crippen molar-refractivity contribution in [2.75, 3.05) is 6.54 Å². The Morgan fingerprint density at radius 1 is 1.38 bits per heavy atom. The van der Waals surface area contributed by atoms with Gasteiger partial charge in [-0.25, -0.2) is 0 Å². The maximum atomic E-state index is 11.7. The summed E-state index contributed by atoms with van der Waals surface area (Å²) in [5, 5.41) is 12.0. The van der Waals surface area contributed by atoms with Crippen molar-refractivity contribution in [1.82, 2.24) is 5.32 Å². The Kier molecular flexibility index (Phi) is 3.25. The first-order valence-corrected chi connectivity index (χ1v) is 5.68. The molecule has 1 saturated carbocycles. The third-order valence-electron chi connectivity index (χ3n) is 3.08. The van der Waals surface area contributed by atoms with E-state index in [1.807, 2.05) is 31.2 Å². The van der Waals surface area contributed by atoms with Crippen molar-refractivity contribution >= 4 is 5.91 Å². The minimum absolute atomic E-state index is 0.0265. The fourth-order valence-electron chi connectivity index (χ4n) is 1.91. The van der Waals surface area contributed by atoms with Crippen LogP contribution in [0.4, 0.5) is 0 Å². The van der Waals surface area contributed by atoms with E-state index < -0.39 is 0 Å². The smallest absolute Gasteiger partial charge is 0.251 e. The fourth-order valence-corrected chi connectivity index (χ4v) is 1.91. The van der Waals surface area contributed by atoms with E-state index in [-0.39, 0.29) is 12.0 Å². The summed E-state index contributed by atoms with van der Waals surface area (Å²) < 4.78 is 0. The lowest BCUT2D eigenvalue weighted by atomic mass is 9.82. The molecule has 2 rings (SSSR count). The van der Waals surface area contributed by atoms with Crippen LogP contribution >= 0.6 is 0 Å². The summed E-state index contributed by atoms with van der Waals surface area (Å²) in [5.41, 5.74) is 1.85. The maximum Gasteiger partial charge on any atom is 0.251 e. The lowest BCUT2D eigenvalue weighted by Gasteiger charge is -2.31. The molecular weight excluding hydrogens is 202 g/mol. The number of rotatable bonds is 3. The molecule has 0 spiro atoms. The summed E-state index contributed by atoms with van der Waals surface area (Å²) in [7, 11) is 0. The van der Waals surface area contributed by atoms with E-state index in [0.29, 0.717) is 18.0 Å². The molecule has 0 aromatic heterocycles. The van der Waals surface area contributed by atoms with Gasteiger partial charge in [0.25, 0.3) is 5.91 Å². The maximum absolute atomic E-state index is 11.7. The summed E-state index contributed by atoms with van der Waals surface area (Å²) in [6.45, 7) is 2.67. The summed E-state index contributed by atoms with van der Waals surface area (Å²) >= 11 is 0. The van der Waals surface area contributed by atoms with Crippen LogP contribution in [0.15, 0.2) is 24.3 Å². The summed E-state index contributed by atoms with van der Waals surface area (Å²) in [5.74, 6) is 0.422. The van der Waals surface area contributed by atoms with Crippen LogP contribution < -0.4 is 5.32 Å². The number of benzene rings is 1. The Hall–Kier alpha value is -1.35. The molecule has 3 nitrogen and oxygen atoms in total. The van der Waals surface area contributed by atoms with Crippen molar-refractivity contribution < 1.29 is 9.90 Å². The van der Waals surface area contributed by atoms with Crippen molar-refractivity contribution in [3.63, 3.8) is 0 Å². The number of aryl methyl sites for hydroxylation is 1. The topological polar surface area (TPSA) is 49.3 Å². The molecule has 1 aliphatic carbocycles. The van der Waals surface area contributed by atoms with Gasteiger partial charge in [-0.2, -0.15) is 0 Å². The quantitative estimate of drug-likeness (QED) is 0.809. The predicted octanol–water partition coefficient (Wildman–Crippen LogP) is 1.50. The molecule has 0 bridgehead atoms. The Morgan fingerprint density at radius 3 is 2.56 bits per heavy atom. The zero-order valence-electron chi connectivity index (χ0n) is 9.44. The lowest BCUT2D eigenvalue weighted by molar-refractivity contribution is 0.0420. The average Bonchev–Trinajstić information content (AvgIpc) is 2.23. The van der Waals surface area contributed by atoms with E-state index in [1.54, 1.807) is 0 Å². The highest BCUT2D eigenvalue weighted by Gasteiger charge is 2.27. The van der Waals surface area contributed by atoms with Crippen molar-refractivity contribution in [2.45, 2.75) is 25.9 Å². The number of hydrogen-bond acceptors (Lipinski definition) is 2. The van der Waals surface area contributed by atoms with Crippen LogP contribution in [0.25, 0.3) is 0 Å². The lowest BCUT2D eigenvalue weighted by Crippen LogP contribution is -2.38. The van der Waals surface area contributed by atoms with Crippen molar-refractivity contribution in [3.05, 3.63) is 35.4 Å². The van der Waals surface area contributed by atoms with Gasteiger partial charge in [0.05, 0.1) is 6.10 Å². The molecule has 1 aromatic carbocycles. The van der Waals surface area contributed by atoms with Gasteiger partial charge in [-0.15, -0.1) is 0 Å². The molecule has 0 heterocycles. The minimum Gasteiger partial charge on any atom is -0.393 e. The monoisotopic (exact) mass is 219 g/mol. The second-order valence-electron chi connectivity index (χ2n) is 4.57. The molecule has 3 heteroatoms. The molecule has 16 heavy (non-hydrogen) atoms. The fraction of sp³-hybridized carbons (Fsp3) is 0.462. The first-order chi connectivity index (χ1) is 7.65. The first kappa shape index (κ1) is 11.1. The van der Waals surface area contributed by atoms with Crippen LogP contribution in [0.3, 0.4) is 0 Å². The predicted molar refractivity (Wildman–Crippen MR) is 62.2 cm³/mol. The Labute approximate surface area is 95.5 Å². The molecule has 0 saturated heterocycles. The van der Waals surface area contributed by atoms with Crippen molar-refractivity contribution in [2.24, 2.45) is 5.92 Å². The van der Waals surface area contributed by atoms with E-state index in [0.717, 1.165) is 18.4 Å². The van der Waals surface area contributed by atoms with E-state index in [1.165, 1.54) is 0 Å². The summed E-state index contributed by atoms with van der Waals surface area (Å²) in [4.78, 5) is 11.7. The number of nitrogens with one attached hydrogen (secondary N) is 1. The third kappa shape index (κ3) is 2.61. The normalized spacial score (nSPS) is 23.6. The highest BCUT2D eigenvalue weighted by molar-refractivity contribution is 5.94. The molecule has 0 unspecified atom stereocenters. The van der Waals surface area contributed by atoms with Gasteiger partial charge < -0.3 is 10.4 Å². The number of amides is 1. The summed E-state index contributed by atoms with van der Waals surface area (Å²) in [6.07, 6.45) is 1.48. The minimum atomic E-state index is -0.152. The van der Waals surface area contributed by atoms with Gasteiger partial charge in [-0.05, 0) is 37.8 Å². The molecular formula is C13H17NO2. The first-order valence-electron chi connectivity index (χ1n) is 5.68. The molecule has 2 N–H and O–H groups in total. The summed E-state index contributed by atoms with van der Waals surface area (Å²) in [6, 6.07) is 7.53. The number of carbonyl (C=O) groups is 1. The second kappa shape index (κ2) is 4.66. The largest absolute Gasteiger partial charge is 0.393 e. The molecule has 1 aromatic rings. The SMILES string of the molecule is Cc1ccc(C(=O)NCC2CC(O)C2)cc1. The van der Waals surface area contributed by atoms with Crippen LogP contribution in [0.5, 0.6) is 0 Å². The van der Waals surface area contributed by atoms with Gasteiger partial charge in [-0.3, -0.25) is 4.79 Å². The molecule has 0 atom stereocenters. The number of aliphatic hydroxyl groups is 1. The molecule has 0 aliphatic heterocycles. The average molecular weight is 219 g/mol. The van der Waals surface area contributed by atoms with Crippen LogP contribution in [0.2, 0.25) is 0 Å². The highest BCUT2D eigenvalue weighted by Crippen LogP contribution is 2.26. The highest BCUT2D eigenvalue weighted by atomic mass is 16.3. The standard InChI is InChI=1S/C13H17NO2/c1-9-2-4-11(5-3-9)13(16)14-8-10-6-12(15)7-10/h2-5,10,12,15H,6-8H2,1H3,(H,14,16). The van der Waals surface area contributed by atoms with E-state index >= 15 is 0 Å². The Bertz CT molecular complexity index is 366. The van der Waals surface area contributed by atoms with Crippen molar-refractivity contribution in [1.29, 1.82) is 0 Å². The second-order valence-corrected chi connectivity index (χ2v) is 4.57. The van der Waals surface area contributed by atoms with Crippen molar-refractivity contribution in [3.8, 4) is 0 Å². The Balaban J connectivity index is 1.81. The zero-order chi connectivity index (χ0) is 11.5. The van der Waals surface area contributed by atoms with E-state index in [9.17, 15) is 4.79 Å². The van der Waals surface area contributed by atoms with Crippen LogP contribution in [0.1, 0.15) is 28.8 Å². The van der Waals surface area contributed by atoms with Gasteiger partial charge in [-0.1, -0.05) is 17.7 Å². The number of carbonyl (C=O) groups excluding carboxylic acids is 1. The zero-order valence-corrected chi connectivity index (χ0v) is 9.44. The van der Waals surface area contributed by atoms with E-state index in [4.69, 9.17) is 5.11 Å². The number of aliphatic hydroxyl groups excluding tert-OH is 1. The van der Waals surface area contributed by atoms with E-state index in [2.05, 4.69) is 5.32 Å². The molecule has 1 amide bonds. The van der Waals surface area contributed by atoms with Gasteiger partial charge in [0.2, 0.25) is 0 Å². The third-order valence-corrected chi connectivity index (χ3v) is 3.08. The molecule has 1 aliphatic rings.